The predicted molar refractivity (Wildman–Crippen MR) is 79.3 cm³/mol. The summed E-state index contributed by atoms with van der Waals surface area (Å²) in [6.45, 7) is 0.491. The number of hydrogen-bond donors (Lipinski definition) is 1. The number of carbonyl (C=O) groups excluding carboxylic acids is 1. The normalized spacial score (nSPS) is 13.0. The molecule has 2 aromatic rings. The molecular formula is C16H16FN3O2. The molecule has 1 aliphatic rings. The van der Waals surface area contributed by atoms with E-state index in [4.69, 9.17) is 0 Å². The van der Waals surface area contributed by atoms with Crippen LogP contribution >= 0.6 is 0 Å². The van der Waals surface area contributed by atoms with E-state index in [0.29, 0.717) is 0 Å². The monoisotopic (exact) mass is 301 g/mol. The Balaban J connectivity index is 1.63. The van der Waals surface area contributed by atoms with Gasteiger partial charge in [-0.15, -0.1) is 0 Å². The fraction of sp³-hybridized carbons (Fsp3) is 0.312. The molecule has 0 saturated heterocycles. The Kier molecular flexibility index (Phi) is 4.00. The van der Waals surface area contributed by atoms with Crippen LogP contribution in [0.4, 0.5) is 4.39 Å². The van der Waals surface area contributed by atoms with E-state index < -0.39 is 11.7 Å². The molecule has 1 aromatic heterocycles. The average molecular weight is 301 g/mol. The molecule has 0 bridgehead atoms. The van der Waals surface area contributed by atoms with Crippen LogP contribution in [0.1, 0.15) is 28.0 Å². The maximum Gasteiger partial charge on any atom is 0.267 e. The van der Waals surface area contributed by atoms with Crippen LogP contribution in [-0.4, -0.2) is 22.2 Å². The maximum atomic E-state index is 13.5. The number of rotatable bonds is 4. The number of fused-ring (bicyclic) bond motifs is 1. The standard InChI is InChI=1S/C16H16FN3O2/c17-13-6-2-1-5-12(13)16(22)18-8-9-20-15(21)10-11-4-3-7-14(11)19-20/h1-2,5-6,10H,3-4,7-9H2,(H,18,22). The smallest absolute Gasteiger partial charge is 0.267 e. The summed E-state index contributed by atoms with van der Waals surface area (Å²) in [5, 5.41) is 6.92. The topological polar surface area (TPSA) is 64.0 Å². The fourth-order valence-corrected chi connectivity index (χ4v) is 2.62. The van der Waals surface area contributed by atoms with E-state index in [1.165, 1.54) is 22.9 Å². The minimum atomic E-state index is -0.562. The first kappa shape index (κ1) is 14.4. The van der Waals surface area contributed by atoms with Gasteiger partial charge in [0.05, 0.1) is 17.8 Å². The Hall–Kier alpha value is -2.50. The highest BCUT2D eigenvalue weighted by Gasteiger charge is 2.15. The highest BCUT2D eigenvalue weighted by atomic mass is 19.1. The Bertz CT molecular complexity index is 770. The largest absolute Gasteiger partial charge is 0.350 e. The highest BCUT2D eigenvalue weighted by molar-refractivity contribution is 5.94. The molecule has 1 aromatic carbocycles. The van der Waals surface area contributed by atoms with Gasteiger partial charge in [0.1, 0.15) is 5.82 Å². The quantitative estimate of drug-likeness (QED) is 0.926. The van der Waals surface area contributed by atoms with Crippen molar-refractivity contribution in [3.05, 3.63) is 63.3 Å². The summed E-state index contributed by atoms with van der Waals surface area (Å²) in [6, 6.07) is 7.41. The third-order valence-electron chi connectivity index (χ3n) is 3.75. The number of halogens is 1. The number of nitrogens with one attached hydrogen (secondary N) is 1. The molecule has 1 amide bonds. The van der Waals surface area contributed by atoms with E-state index in [9.17, 15) is 14.0 Å². The van der Waals surface area contributed by atoms with Crippen molar-refractivity contribution >= 4 is 5.91 Å². The Morgan fingerprint density at radius 3 is 2.95 bits per heavy atom. The van der Waals surface area contributed by atoms with Crippen LogP contribution in [0.5, 0.6) is 0 Å². The predicted octanol–water partition coefficient (Wildman–Crippen LogP) is 1.30. The van der Waals surface area contributed by atoms with E-state index >= 15 is 0 Å². The second-order valence-corrected chi connectivity index (χ2v) is 5.27. The van der Waals surface area contributed by atoms with Crippen molar-refractivity contribution in [2.24, 2.45) is 0 Å². The molecule has 0 saturated carbocycles. The van der Waals surface area contributed by atoms with Crippen molar-refractivity contribution < 1.29 is 9.18 Å². The van der Waals surface area contributed by atoms with Crippen LogP contribution in [0.25, 0.3) is 0 Å². The lowest BCUT2D eigenvalue weighted by Gasteiger charge is -2.08. The fourth-order valence-electron chi connectivity index (χ4n) is 2.62. The van der Waals surface area contributed by atoms with Gasteiger partial charge in [0, 0.05) is 12.6 Å². The van der Waals surface area contributed by atoms with Crippen LogP contribution in [0.2, 0.25) is 0 Å². The number of aromatic nitrogens is 2. The van der Waals surface area contributed by atoms with Crippen LogP contribution < -0.4 is 10.9 Å². The van der Waals surface area contributed by atoms with Crippen molar-refractivity contribution in [1.29, 1.82) is 0 Å². The van der Waals surface area contributed by atoms with Crippen molar-refractivity contribution in [3.8, 4) is 0 Å². The summed E-state index contributed by atoms with van der Waals surface area (Å²) in [6.07, 6.45) is 2.81. The van der Waals surface area contributed by atoms with Crippen molar-refractivity contribution in [2.75, 3.05) is 6.54 Å². The SMILES string of the molecule is O=C(NCCn1nc2c(cc1=O)CCC2)c1ccccc1F. The van der Waals surface area contributed by atoms with Gasteiger partial charge >= 0.3 is 0 Å². The van der Waals surface area contributed by atoms with Crippen LogP contribution in [0.15, 0.2) is 35.1 Å². The van der Waals surface area contributed by atoms with E-state index in [1.54, 1.807) is 12.1 Å². The molecule has 1 aliphatic carbocycles. The summed E-state index contributed by atoms with van der Waals surface area (Å²) in [5.74, 6) is -1.06. The summed E-state index contributed by atoms with van der Waals surface area (Å²) >= 11 is 0. The zero-order valence-electron chi connectivity index (χ0n) is 12.0. The van der Waals surface area contributed by atoms with E-state index in [0.717, 1.165) is 30.5 Å². The van der Waals surface area contributed by atoms with Gasteiger partial charge in [-0.1, -0.05) is 12.1 Å². The summed E-state index contributed by atoms with van der Waals surface area (Å²) < 4.78 is 14.8. The van der Waals surface area contributed by atoms with Gasteiger partial charge in [-0.25, -0.2) is 9.07 Å². The summed E-state index contributed by atoms with van der Waals surface area (Å²) in [7, 11) is 0. The number of amides is 1. The van der Waals surface area contributed by atoms with Gasteiger partial charge in [0.15, 0.2) is 0 Å². The van der Waals surface area contributed by atoms with E-state index in [1.807, 2.05) is 0 Å². The lowest BCUT2D eigenvalue weighted by molar-refractivity contribution is 0.0947. The molecule has 1 N–H and O–H groups in total. The number of nitrogens with zero attached hydrogens (tertiary/aromatic N) is 2. The third kappa shape index (κ3) is 2.90. The number of hydrogen-bond acceptors (Lipinski definition) is 3. The zero-order valence-corrected chi connectivity index (χ0v) is 12.0. The molecule has 5 nitrogen and oxygen atoms in total. The Morgan fingerprint density at radius 2 is 2.14 bits per heavy atom. The number of aryl methyl sites for hydroxylation is 2. The molecule has 0 fully saturated rings. The zero-order chi connectivity index (χ0) is 15.5. The summed E-state index contributed by atoms with van der Waals surface area (Å²) in [4.78, 5) is 23.8. The van der Waals surface area contributed by atoms with Crippen LogP contribution in [0.3, 0.4) is 0 Å². The second-order valence-electron chi connectivity index (χ2n) is 5.27. The molecule has 114 valence electrons. The molecule has 6 heteroatoms. The third-order valence-corrected chi connectivity index (χ3v) is 3.75. The van der Waals surface area contributed by atoms with Gasteiger partial charge in [0.25, 0.3) is 11.5 Å². The van der Waals surface area contributed by atoms with Crippen molar-refractivity contribution in [1.82, 2.24) is 15.1 Å². The average Bonchev–Trinajstić information content (AvgIpc) is 2.94. The van der Waals surface area contributed by atoms with Crippen molar-refractivity contribution in [2.45, 2.75) is 25.8 Å². The maximum absolute atomic E-state index is 13.5. The van der Waals surface area contributed by atoms with E-state index in [2.05, 4.69) is 10.4 Å². The highest BCUT2D eigenvalue weighted by Crippen LogP contribution is 2.16. The molecule has 0 radical (unpaired) electrons. The van der Waals surface area contributed by atoms with Crippen LogP contribution in [0, 0.1) is 5.82 Å². The van der Waals surface area contributed by atoms with Crippen molar-refractivity contribution in [3.63, 3.8) is 0 Å². The first-order valence-electron chi connectivity index (χ1n) is 7.28. The van der Waals surface area contributed by atoms with Gasteiger partial charge in [-0.3, -0.25) is 9.59 Å². The van der Waals surface area contributed by atoms with Gasteiger partial charge in [-0.2, -0.15) is 5.10 Å². The lowest BCUT2D eigenvalue weighted by Crippen LogP contribution is -2.32. The van der Waals surface area contributed by atoms with Gasteiger partial charge < -0.3 is 5.32 Å². The molecule has 0 atom stereocenters. The minimum Gasteiger partial charge on any atom is -0.350 e. The molecular weight excluding hydrogens is 285 g/mol. The number of carbonyl (C=O) groups is 1. The Labute approximate surface area is 126 Å². The molecule has 0 unspecified atom stereocenters. The molecule has 0 aliphatic heterocycles. The molecule has 3 rings (SSSR count). The Morgan fingerprint density at radius 1 is 1.32 bits per heavy atom. The summed E-state index contributed by atoms with van der Waals surface area (Å²) in [5.41, 5.74) is 1.81. The molecule has 1 heterocycles. The lowest BCUT2D eigenvalue weighted by atomic mass is 10.2. The molecule has 0 spiro atoms. The first-order chi connectivity index (χ1) is 10.6. The first-order valence-corrected chi connectivity index (χ1v) is 7.28. The van der Waals surface area contributed by atoms with E-state index in [-0.39, 0.29) is 24.2 Å². The van der Waals surface area contributed by atoms with Gasteiger partial charge in [-0.05, 0) is 37.0 Å². The molecule has 22 heavy (non-hydrogen) atoms. The minimum absolute atomic E-state index is 0.00300. The number of benzene rings is 1. The second kappa shape index (κ2) is 6.09. The van der Waals surface area contributed by atoms with Crippen LogP contribution in [-0.2, 0) is 19.4 Å². The van der Waals surface area contributed by atoms with Gasteiger partial charge in [0.2, 0.25) is 0 Å².